The molecule has 2 aliphatic heterocycles. The van der Waals surface area contributed by atoms with E-state index in [2.05, 4.69) is 17.1 Å². The lowest BCUT2D eigenvalue weighted by molar-refractivity contribution is -0.135. The van der Waals surface area contributed by atoms with Crippen molar-refractivity contribution in [2.45, 2.75) is 45.1 Å². The van der Waals surface area contributed by atoms with Crippen LogP contribution in [-0.4, -0.2) is 60.4 Å². The molecule has 2 atom stereocenters. The first-order chi connectivity index (χ1) is 12.7. The highest BCUT2D eigenvalue weighted by atomic mass is 16.2. The summed E-state index contributed by atoms with van der Waals surface area (Å²) < 4.78 is 0. The molecule has 1 aromatic rings. The summed E-state index contributed by atoms with van der Waals surface area (Å²) in [6.07, 6.45) is 4.59. The molecule has 0 aromatic heterocycles. The highest BCUT2D eigenvalue weighted by Crippen LogP contribution is 2.19. The average Bonchev–Trinajstić information content (AvgIpc) is 3.14. The van der Waals surface area contributed by atoms with Crippen LogP contribution in [0.2, 0.25) is 0 Å². The van der Waals surface area contributed by atoms with Crippen LogP contribution in [0.5, 0.6) is 0 Å². The first kappa shape index (κ1) is 18.9. The minimum atomic E-state index is -0.0695. The second kappa shape index (κ2) is 9.17. The summed E-state index contributed by atoms with van der Waals surface area (Å²) in [5.41, 5.74) is 1.03. The molecule has 2 fully saturated rings. The lowest BCUT2D eigenvalue weighted by atomic mass is 9.96. The van der Waals surface area contributed by atoms with Gasteiger partial charge < -0.3 is 10.2 Å². The summed E-state index contributed by atoms with van der Waals surface area (Å²) in [7, 11) is 0. The highest BCUT2D eigenvalue weighted by Gasteiger charge is 2.29. The summed E-state index contributed by atoms with van der Waals surface area (Å²) in [4.78, 5) is 29.5. The van der Waals surface area contributed by atoms with Crippen molar-refractivity contribution in [1.29, 1.82) is 0 Å². The zero-order valence-corrected chi connectivity index (χ0v) is 15.8. The molecule has 5 heteroatoms. The van der Waals surface area contributed by atoms with Gasteiger partial charge in [-0.05, 0) is 44.3 Å². The summed E-state index contributed by atoms with van der Waals surface area (Å²) in [5.74, 6) is 0.173. The van der Waals surface area contributed by atoms with E-state index in [4.69, 9.17) is 0 Å². The molecule has 2 heterocycles. The van der Waals surface area contributed by atoms with E-state index in [-0.39, 0.29) is 17.7 Å². The Morgan fingerprint density at radius 1 is 1.12 bits per heavy atom. The van der Waals surface area contributed by atoms with Gasteiger partial charge in [-0.25, -0.2) is 0 Å². The molecule has 1 N–H and O–H groups in total. The van der Waals surface area contributed by atoms with Gasteiger partial charge in [-0.3, -0.25) is 14.5 Å². The zero-order chi connectivity index (χ0) is 18.4. The van der Waals surface area contributed by atoms with E-state index >= 15 is 0 Å². The molecule has 0 radical (unpaired) electrons. The molecule has 26 heavy (non-hydrogen) atoms. The Balaban J connectivity index is 1.48. The predicted octanol–water partition coefficient (Wildman–Crippen LogP) is 2.07. The van der Waals surface area contributed by atoms with E-state index in [1.807, 2.05) is 35.2 Å². The van der Waals surface area contributed by atoms with Crippen LogP contribution in [0.25, 0.3) is 0 Å². The van der Waals surface area contributed by atoms with Gasteiger partial charge in [0.1, 0.15) is 0 Å². The molecule has 2 aliphatic rings. The lowest BCUT2D eigenvalue weighted by Crippen LogP contribution is -2.48. The van der Waals surface area contributed by atoms with Gasteiger partial charge in [0.25, 0.3) is 0 Å². The number of piperidine rings is 1. The Hall–Kier alpha value is -1.88. The van der Waals surface area contributed by atoms with Gasteiger partial charge >= 0.3 is 0 Å². The second-order valence-electron chi connectivity index (χ2n) is 7.51. The fourth-order valence-electron chi connectivity index (χ4n) is 4.21. The molecule has 1 aromatic carbocycles. The van der Waals surface area contributed by atoms with Crippen molar-refractivity contribution in [2.75, 3.05) is 32.7 Å². The third-order valence-corrected chi connectivity index (χ3v) is 5.76. The van der Waals surface area contributed by atoms with Gasteiger partial charge in [0.2, 0.25) is 11.8 Å². The van der Waals surface area contributed by atoms with Crippen molar-refractivity contribution in [2.24, 2.45) is 5.92 Å². The van der Waals surface area contributed by atoms with Crippen LogP contribution in [0.3, 0.4) is 0 Å². The number of benzene rings is 1. The van der Waals surface area contributed by atoms with Crippen molar-refractivity contribution in [3.63, 3.8) is 0 Å². The van der Waals surface area contributed by atoms with E-state index in [1.165, 1.54) is 12.8 Å². The van der Waals surface area contributed by atoms with Crippen molar-refractivity contribution < 1.29 is 9.59 Å². The molecule has 5 nitrogen and oxygen atoms in total. The molecule has 0 bridgehead atoms. The fourth-order valence-corrected chi connectivity index (χ4v) is 4.21. The monoisotopic (exact) mass is 357 g/mol. The standard InChI is InChI=1S/C21H31N3O2/c1-2-23-12-7-11-19(23)15-22-21(26)18-10-6-13-24(16-18)20(25)14-17-8-4-3-5-9-17/h3-5,8-9,18-19H,2,6-7,10-16H2,1H3,(H,22,26)/t18-,19-/m0/s1. The van der Waals surface area contributed by atoms with E-state index in [9.17, 15) is 9.59 Å². The van der Waals surface area contributed by atoms with Crippen LogP contribution in [0.4, 0.5) is 0 Å². The molecule has 0 unspecified atom stereocenters. The second-order valence-corrected chi connectivity index (χ2v) is 7.51. The number of nitrogens with one attached hydrogen (secondary N) is 1. The molecular formula is C21H31N3O2. The summed E-state index contributed by atoms with van der Waals surface area (Å²) >= 11 is 0. The normalized spacial score (nSPS) is 23.8. The maximum atomic E-state index is 12.6. The summed E-state index contributed by atoms with van der Waals surface area (Å²) in [6.45, 7) is 6.42. The van der Waals surface area contributed by atoms with Gasteiger partial charge in [-0.1, -0.05) is 37.3 Å². The molecule has 0 spiro atoms. The number of hydrogen-bond donors (Lipinski definition) is 1. The van der Waals surface area contributed by atoms with Crippen LogP contribution >= 0.6 is 0 Å². The molecular weight excluding hydrogens is 326 g/mol. The van der Waals surface area contributed by atoms with Gasteiger partial charge in [0, 0.05) is 25.7 Å². The molecule has 3 rings (SSSR count). The minimum Gasteiger partial charge on any atom is -0.354 e. The lowest BCUT2D eigenvalue weighted by Gasteiger charge is -2.32. The zero-order valence-electron chi connectivity index (χ0n) is 15.8. The largest absolute Gasteiger partial charge is 0.354 e. The van der Waals surface area contributed by atoms with Crippen molar-refractivity contribution in [1.82, 2.24) is 15.1 Å². The quantitative estimate of drug-likeness (QED) is 0.848. The smallest absolute Gasteiger partial charge is 0.227 e. The third-order valence-electron chi connectivity index (χ3n) is 5.76. The van der Waals surface area contributed by atoms with Gasteiger partial charge in [0.15, 0.2) is 0 Å². The number of rotatable bonds is 6. The number of carbonyl (C=O) groups is 2. The number of likely N-dealkylation sites (tertiary alicyclic amines) is 2. The molecule has 2 amide bonds. The van der Waals surface area contributed by atoms with Gasteiger partial charge in [0.05, 0.1) is 12.3 Å². The first-order valence-corrected chi connectivity index (χ1v) is 10.0. The van der Waals surface area contributed by atoms with Crippen LogP contribution in [0, 0.1) is 5.92 Å². The van der Waals surface area contributed by atoms with Crippen LogP contribution in [0.1, 0.15) is 38.2 Å². The van der Waals surface area contributed by atoms with Crippen LogP contribution in [0.15, 0.2) is 30.3 Å². The first-order valence-electron chi connectivity index (χ1n) is 10.0. The number of amides is 2. The summed E-state index contributed by atoms with van der Waals surface area (Å²) in [6, 6.07) is 10.3. The average molecular weight is 357 g/mol. The maximum absolute atomic E-state index is 12.6. The van der Waals surface area contributed by atoms with Crippen molar-refractivity contribution in [3.8, 4) is 0 Å². The Morgan fingerprint density at radius 3 is 2.65 bits per heavy atom. The number of hydrogen-bond acceptors (Lipinski definition) is 3. The van der Waals surface area contributed by atoms with Crippen molar-refractivity contribution >= 4 is 11.8 Å². The van der Waals surface area contributed by atoms with E-state index < -0.39 is 0 Å². The maximum Gasteiger partial charge on any atom is 0.227 e. The summed E-state index contributed by atoms with van der Waals surface area (Å²) in [5, 5.41) is 3.15. The Kier molecular flexibility index (Phi) is 6.67. The molecule has 0 aliphatic carbocycles. The minimum absolute atomic E-state index is 0.0695. The SMILES string of the molecule is CCN1CCC[C@H]1CNC(=O)[C@H]1CCCN(C(=O)Cc2ccccc2)C1. The number of carbonyl (C=O) groups excluding carboxylic acids is 2. The number of likely N-dealkylation sites (N-methyl/N-ethyl adjacent to an activating group) is 1. The van der Waals surface area contributed by atoms with E-state index in [0.29, 0.717) is 19.0 Å². The van der Waals surface area contributed by atoms with Crippen LogP contribution < -0.4 is 5.32 Å². The Morgan fingerprint density at radius 2 is 1.88 bits per heavy atom. The topological polar surface area (TPSA) is 52.7 Å². The molecule has 0 saturated carbocycles. The van der Waals surface area contributed by atoms with Crippen LogP contribution in [-0.2, 0) is 16.0 Å². The van der Waals surface area contributed by atoms with E-state index in [0.717, 1.165) is 44.6 Å². The Labute approximate surface area is 156 Å². The fraction of sp³-hybridized carbons (Fsp3) is 0.619. The van der Waals surface area contributed by atoms with Crippen molar-refractivity contribution in [3.05, 3.63) is 35.9 Å². The Bertz CT molecular complexity index is 605. The predicted molar refractivity (Wildman–Crippen MR) is 103 cm³/mol. The molecule has 2 saturated heterocycles. The third kappa shape index (κ3) is 4.85. The van der Waals surface area contributed by atoms with Gasteiger partial charge in [-0.2, -0.15) is 0 Å². The highest BCUT2D eigenvalue weighted by molar-refractivity contribution is 5.82. The number of nitrogens with zero attached hydrogens (tertiary/aromatic N) is 2. The van der Waals surface area contributed by atoms with Gasteiger partial charge in [-0.15, -0.1) is 0 Å². The van der Waals surface area contributed by atoms with E-state index in [1.54, 1.807) is 0 Å². The molecule has 142 valence electrons.